The van der Waals surface area contributed by atoms with E-state index in [-0.39, 0.29) is 18.3 Å². The van der Waals surface area contributed by atoms with E-state index >= 15 is 0 Å². The third-order valence-corrected chi connectivity index (χ3v) is 5.67. The van der Waals surface area contributed by atoms with Crippen LogP contribution in [0.3, 0.4) is 0 Å². The number of carbonyl (C=O) groups is 3. The lowest BCUT2D eigenvalue weighted by molar-refractivity contribution is -0.150. The van der Waals surface area contributed by atoms with Crippen molar-refractivity contribution >= 4 is 17.7 Å². The Bertz CT molecular complexity index is 938. The highest BCUT2D eigenvalue weighted by molar-refractivity contribution is 6.05. The molecule has 2 aliphatic rings. The van der Waals surface area contributed by atoms with Crippen LogP contribution < -0.4 is 5.32 Å². The number of ether oxygens (including phenoxy) is 1. The largest absolute Gasteiger partial charge is 0.464 e. The summed E-state index contributed by atoms with van der Waals surface area (Å²) >= 11 is 0. The van der Waals surface area contributed by atoms with E-state index in [2.05, 4.69) is 5.32 Å². The van der Waals surface area contributed by atoms with Crippen LogP contribution in [0.4, 0.5) is 0 Å². The van der Waals surface area contributed by atoms with Crippen LogP contribution in [-0.2, 0) is 28.8 Å². The lowest BCUT2D eigenvalue weighted by Gasteiger charge is -2.29. The van der Waals surface area contributed by atoms with Crippen molar-refractivity contribution in [2.24, 2.45) is 0 Å². The SMILES string of the molecule is CCOC(=O)C1(NC(=O)c2cccc3c2CCCC3=O)Cc2ccccc2C1. The smallest absolute Gasteiger partial charge is 0.332 e. The Balaban J connectivity index is 1.68. The van der Waals surface area contributed by atoms with Gasteiger partial charge in [-0.05, 0) is 42.5 Å². The molecule has 4 rings (SSSR count). The van der Waals surface area contributed by atoms with Crippen molar-refractivity contribution in [1.29, 1.82) is 0 Å². The number of nitrogens with one attached hydrogen (secondary N) is 1. The molecule has 144 valence electrons. The quantitative estimate of drug-likeness (QED) is 0.832. The third kappa shape index (κ3) is 3.11. The highest BCUT2D eigenvalue weighted by atomic mass is 16.5. The Morgan fingerprint density at radius 3 is 2.43 bits per heavy atom. The van der Waals surface area contributed by atoms with E-state index in [9.17, 15) is 14.4 Å². The monoisotopic (exact) mass is 377 g/mol. The van der Waals surface area contributed by atoms with Gasteiger partial charge in [0.15, 0.2) is 5.78 Å². The fourth-order valence-corrected chi connectivity index (χ4v) is 4.34. The Morgan fingerprint density at radius 1 is 1.04 bits per heavy atom. The number of hydrogen-bond donors (Lipinski definition) is 1. The molecule has 0 radical (unpaired) electrons. The number of esters is 1. The van der Waals surface area contributed by atoms with Crippen LogP contribution in [0, 0.1) is 0 Å². The van der Waals surface area contributed by atoms with E-state index in [1.165, 1.54) is 0 Å². The minimum Gasteiger partial charge on any atom is -0.464 e. The van der Waals surface area contributed by atoms with Crippen molar-refractivity contribution in [3.63, 3.8) is 0 Å². The molecule has 5 heteroatoms. The van der Waals surface area contributed by atoms with Crippen molar-refractivity contribution in [3.8, 4) is 0 Å². The number of carbonyl (C=O) groups excluding carboxylic acids is 3. The fourth-order valence-electron chi connectivity index (χ4n) is 4.34. The van der Waals surface area contributed by atoms with Crippen molar-refractivity contribution in [3.05, 3.63) is 70.3 Å². The average Bonchev–Trinajstić information content (AvgIpc) is 3.07. The second-order valence-corrected chi connectivity index (χ2v) is 7.49. The van der Waals surface area contributed by atoms with Gasteiger partial charge in [0.25, 0.3) is 5.91 Å². The van der Waals surface area contributed by atoms with Gasteiger partial charge in [-0.25, -0.2) is 4.79 Å². The maximum atomic E-state index is 13.2. The lowest BCUT2D eigenvalue weighted by Crippen LogP contribution is -2.56. The molecular weight excluding hydrogens is 354 g/mol. The van der Waals surface area contributed by atoms with E-state index in [1.807, 2.05) is 24.3 Å². The number of rotatable bonds is 4. The first-order valence-electron chi connectivity index (χ1n) is 9.75. The van der Waals surface area contributed by atoms with Gasteiger partial charge >= 0.3 is 5.97 Å². The Morgan fingerprint density at radius 2 is 1.75 bits per heavy atom. The first kappa shape index (κ1) is 18.4. The van der Waals surface area contributed by atoms with E-state index < -0.39 is 11.5 Å². The molecule has 28 heavy (non-hydrogen) atoms. The standard InChI is InChI=1S/C23H23NO4/c1-2-28-22(27)23(13-15-7-3-4-8-16(15)14-23)24-21(26)19-11-5-10-18-17(19)9-6-12-20(18)25/h3-5,7-8,10-11H,2,6,9,12-14H2,1H3,(H,24,26). The predicted molar refractivity (Wildman–Crippen MR) is 104 cm³/mol. The van der Waals surface area contributed by atoms with Crippen molar-refractivity contribution in [2.45, 2.75) is 44.6 Å². The fraction of sp³-hybridized carbons (Fsp3) is 0.348. The van der Waals surface area contributed by atoms with Crippen LogP contribution in [0.5, 0.6) is 0 Å². The highest BCUT2D eigenvalue weighted by Gasteiger charge is 2.46. The maximum Gasteiger partial charge on any atom is 0.332 e. The minimum atomic E-state index is -1.11. The molecule has 0 bridgehead atoms. The van der Waals surface area contributed by atoms with Crippen LogP contribution in [-0.4, -0.2) is 29.8 Å². The molecule has 0 unspecified atom stereocenters. The van der Waals surface area contributed by atoms with Gasteiger partial charge in [0.2, 0.25) is 0 Å². The van der Waals surface area contributed by atoms with Gasteiger partial charge in [0, 0.05) is 30.4 Å². The zero-order chi connectivity index (χ0) is 19.7. The van der Waals surface area contributed by atoms with Gasteiger partial charge in [-0.15, -0.1) is 0 Å². The Kier molecular flexibility index (Phi) is 4.75. The average molecular weight is 377 g/mol. The molecule has 1 N–H and O–H groups in total. The maximum absolute atomic E-state index is 13.2. The highest BCUT2D eigenvalue weighted by Crippen LogP contribution is 2.32. The predicted octanol–water partition coefficient (Wildman–Crippen LogP) is 3.04. The van der Waals surface area contributed by atoms with Crippen LogP contribution in [0.1, 0.15) is 57.2 Å². The second-order valence-electron chi connectivity index (χ2n) is 7.49. The molecule has 0 aromatic heterocycles. The van der Waals surface area contributed by atoms with Crippen molar-refractivity contribution in [1.82, 2.24) is 5.32 Å². The van der Waals surface area contributed by atoms with Gasteiger partial charge in [-0.2, -0.15) is 0 Å². The summed E-state index contributed by atoms with van der Waals surface area (Å²) in [6.45, 7) is 2.01. The summed E-state index contributed by atoms with van der Waals surface area (Å²) in [7, 11) is 0. The number of ketones is 1. The molecule has 0 atom stereocenters. The number of fused-ring (bicyclic) bond motifs is 2. The minimum absolute atomic E-state index is 0.0734. The molecular formula is C23H23NO4. The van der Waals surface area contributed by atoms with Gasteiger partial charge in [0.1, 0.15) is 5.54 Å². The summed E-state index contributed by atoms with van der Waals surface area (Å²) in [4.78, 5) is 38.3. The summed E-state index contributed by atoms with van der Waals surface area (Å²) in [5.41, 5.74) is 2.86. The molecule has 0 saturated heterocycles. The lowest BCUT2D eigenvalue weighted by atomic mass is 9.86. The van der Waals surface area contributed by atoms with Crippen molar-refractivity contribution < 1.29 is 19.1 Å². The van der Waals surface area contributed by atoms with Gasteiger partial charge in [0.05, 0.1) is 6.61 Å². The molecule has 0 fully saturated rings. The van der Waals surface area contributed by atoms with E-state index in [0.29, 0.717) is 36.8 Å². The topological polar surface area (TPSA) is 72.5 Å². The summed E-state index contributed by atoms with van der Waals surface area (Å²) in [6, 6.07) is 13.1. The zero-order valence-electron chi connectivity index (χ0n) is 15.9. The van der Waals surface area contributed by atoms with E-state index in [0.717, 1.165) is 23.1 Å². The van der Waals surface area contributed by atoms with Crippen LogP contribution >= 0.6 is 0 Å². The molecule has 2 aromatic rings. The summed E-state index contributed by atoms with van der Waals surface area (Å²) in [6.07, 6.45) is 2.76. The molecule has 5 nitrogen and oxygen atoms in total. The van der Waals surface area contributed by atoms with Crippen molar-refractivity contribution in [2.75, 3.05) is 6.61 Å². The third-order valence-electron chi connectivity index (χ3n) is 5.67. The molecule has 1 amide bonds. The summed E-state index contributed by atoms with van der Waals surface area (Å²) < 4.78 is 5.32. The number of amides is 1. The van der Waals surface area contributed by atoms with E-state index in [4.69, 9.17) is 4.74 Å². The van der Waals surface area contributed by atoms with E-state index in [1.54, 1.807) is 25.1 Å². The first-order valence-corrected chi connectivity index (χ1v) is 9.75. The molecule has 0 saturated carbocycles. The number of hydrogen-bond acceptors (Lipinski definition) is 4. The zero-order valence-corrected chi connectivity index (χ0v) is 15.9. The van der Waals surface area contributed by atoms with Crippen LogP contribution in [0.15, 0.2) is 42.5 Å². The van der Waals surface area contributed by atoms with Crippen LogP contribution in [0.2, 0.25) is 0 Å². The molecule has 2 aromatic carbocycles. The summed E-state index contributed by atoms with van der Waals surface area (Å²) in [5.74, 6) is -0.669. The Hall–Kier alpha value is -2.95. The first-order chi connectivity index (χ1) is 13.5. The molecule has 0 spiro atoms. The van der Waals surface area contributed by atoms with Gasteiger partial charge in [-0.1, -0.05) is 36.4 Å². The molecule has 0 aliphatic heterocycles. The number of Topliss-reactive ketones (excluding diaryl/α,β-unsaturated/α-hetero) is 1. The normalized spacial score (nSPS) is 16.8. The van der Waals surface area contributed by atoms with Crippen LogP contribution in [0.25, 0.3) is 0 Å². The van der Waals surface area contributed by atoms with Gasteiger partial charge in [-0.3, -0.25) is 9.59 Å². The van der Waals surface area contributed by atoms with Gasteiger partial charge < -0.3 is 10.1 Å². The summed E-state index contributed by atoms with van der Waals surface area (Å²) in [5, 5.41) is 2.98. The molecule has 2 aliphatic carbocycles. The Labute approximate surface area is 164 Å². The number of benzene rings is 2. The molecule has 0 heterocycles. The second kappa shape index (κ2) is 7.23.